The van der Waals surface area contributed by atoms with Gasteiger partial charge in [0.1, 0.15) is 18.7 Å². The normalized spacial score (nSPS) is 18.0. The van der Waals surface area contributed by atoms with Crippen molar-refractivity contribution in [1.29, 1.82) is 0 Å². The van der Waals surface area contributed by atoms with Crippen molar-refractivity contribution in [3.8, 4) is 0 Å². The molecule has 25 heteroatoms. The van der Waals surface area contributed by atoms with Crippen LogP contribution in [0.5, 0.6) is 0 Å². The van der Waals surface area contributed by atoms with Gasteiger partial charge in [0, 0.05) is 32.2 Å². The number of hydrogen-bond acceptors (Lipinski definition) is 14. The van der Waals surface area contributed by atoms with Crippen LogP contribution in [0.15, 0.2) is 87.0 Å². The number of likely N-dealkylation sites (tertiary alicyclic amines) is 2. The van der Waals surface area contributed by atoms with Crippen molar-refractivity contribution in [3.05, 3.63) is 109 Å². The molecule has 1 unspecified atom stereocenters. The number of ether oxygens (including phenoxy) is 3. The third kappa shape index (κ3) is 31.9. The van der Waals surface area contributed by atoms with Crippen molar-refractivity contribution >= 4 is 123 Å². The van der Waals surface area contributed by atoms with Crippen LogP contribution >= 0.6 is 47.2 Å². The highest BCUT2D eigenvalue weighted by Crippen LogP contribution is 2.41. The van der Waals surface area contributed by atoms with Gasteiger partial charge in [0.25, 0.3) is 11.8 Å². The molecule has 2 fully saturated rings. The minimum atomic E-state index is -2.20. The van der Waals surface area contributed by atoms with E-state index in [1.807, 2.05) is 68.5 Å². The SMILES string of the molecule is C=CCC[C@@H](O[Si](C)(C)C(C)(C)C)[C@@H](C)C(=O)O[C@H](C(=O)N[C@@H](C)C(=O)N1CCC[C@@H](C(=O)NC(C)c2cccc(C=C)c2)C1)C(C)C.C=CCC[C@@H](O[Si](C)(C)C(C)(C)C)[C@@H](C)C(=O)O[C@H](C(=O)N[C@@H](C)C(=O)N1CCC[C@@H](C(=O)OCC(Cl)(Cl)Cl)C1)C(C)C.C=Cc1cccc([C@@H](C)N)c1.Cl. The molecule has 2 heterocycles. The second-order valence-electron chi connectivity index (χ2n) is 31.0. The van der Waals surface area contributed by atoms with Crippen molar-refractivity contribution in [2.75, 3.05) is 32.8 Å². The van der Waals surface area contributed by atoms with E-state index in [0.717, 1.165) is 22.3 Å². The molecule has 19 nitrogen and oxygen atoms in total. The molecule has 2 aliphatic heterocycles. The summed E-state index contributed by atoms with van der Waals surface area (Å²) < 4.78 is 28.2. The van der Waals surface area contributed by atoms with Crippen LogP contribution in [0.1, 0.15) is 196 Å². The number of esters is 3. The minimum absolute atomic E-state index is 0. The number of carbonyl (C=O) groups is 8. The van der Waals surface area contributed by atoms with Crippen molar-refractivity contribution in [1.82, 2.24) is 25.8 Å². The van der Waals surface area contributed by atoms with Crippen LogP contribution in [0.2, 0.25) is 36.3 Å². The number of benzene rings is 2. The maximum atomic E-state index is 13.5. The van der Waals surface area contributed by atoms with Gasteiger partial charge in [0.15, 0.2) is 28.8 Å². The van der Waals surface area contributed by atoms with Crippen LogP contribution in [0, 0.1) is 35.5 Å². The Morgan fingerprint density at radius 1 is 0.592 bits per heavy atom. The van der Waals surface area contributed by atoms with E-state index in [9.17, 15) is 38.4 Å². The molecule has 0 aliphatic carbocycles. The van der Waals surface area contributed by atoms with Crippen LogP contribution in [-0.2, 0) is 61.4 Å². The molecule has 5 N–H and O–H groups in total. The molecule has 0 aromatic heterocycles. The van der Waals surface area contributed by atoms with Gasteiger partial charge in [0.05, 0.1) is 41.9 Å². The summed E-state index contributed by atoms with van der Waals surface area (Å²) in [5.41, 5.74) is 9.94. The zero-order valence-electron chi connectivity index (χ0n) is 65.4. The summed E-state index contributed by atoms with van der Waals surface area (Å²) in [5, 5.41) is 8.48. The van der Waals surface area contributed by atoms with E-state index in [1.165, 1.54) is 4.90 Å². The number of nitrogens with one attached hydrogen (secondary N) is 3. The Kier molecular flexibility index (Phi) is 40.9. The third-order valence-electron chi connectivity index (χ3n) is 19.6. The van der Waals surface area contributed by atoms with Gasteiger partial charge in [-0.1, -0.05) is 184 Å². The number of nitrogens with zero attached hydrogens (tertiary/aromatic N) is 2. The molecule has 4 rings (SSSR count). The number of piperidine rings is 2. The third-order valence-corrected chi connectivity index (χ3v) is 28.9. The van der Waals surface area contributed by atoms with Crippen LogP contribution < -0.4 is 21.7 Å². The molecule has 0 bridgehead atoms. The summed E-state index contributed by atoms with van der Waals surface area (Å²) in [6.07, 6.45) is 9.27. The van der Waals surface area contributed by atoms with Crippen LogP contribution in [0.3, 0.4) is 0 Å². The second kappa shape index (κ2) is 44.1. The number of allylic oxidation sites excluding steroid dienone is 2. The van der Waals surface area contributed by atoms with E-state index >= 15 is 0 Å². The van der Waals surface area contributed by atoms with Gasteiger partial charge in [-0.3, -0.25) is 38.4 Å². The molecule has 582 valence electrons. The zero-order chi connectivity index (χ0) is 78.0. The Balaban J connectivity index is 0.000000889. The molecule has 2 aliphatic rings. The van der Waals surface area contributed by atoms with Gasteiger partial charge in [-0.15, -0.1) is 25.6 Å². The Morgan fingerprint density at radius 2 is 0.971 bits per heavy atom. The lowest BCUT2D eigenvalue weighted by atomic mass is 9.95. The number of rotatable bonds is 32. The summed E-state index contributed by atoms with van der Waals surface area (Å²) >= 11 is 17.0. The van der Waals surface area contributed by atoms with Gasteiger partial charge in [0.2, 0.25) is 21.5 Å². The van der Waals surface area contributed by atoms with Crippen molar-refractivity contribution in [2.45, 2.75) is 251 Å². The molecule has 0 spiro atoms. The van der Waals surface area contributed by atoms with Crippen molar-refractivity contribution in [3.63, 3.8) is 0 Å². The van der Waals surface area contributed by atoms with Crippen molar-refractivity contribution in [2.24, 2.45) is 41.2 Å². The van der Waals surface area contributed by atoms with E-state index < -0.39 is 105 Å². The number of hydrogen-bond donors (Lipinski definition) is 4. The fraction of sp³-hybridized carbons (Fsp3) is 0.641. The van der Waals surface area contributed by atoms with Crippen molar-refractivity contribution < 1.29 is 61.4 Å². The lowest BCUT2D eigenvalue weighted by molar-refractivity contribution is -0.165. The van der Waals surface area contributed by atoms with Crippen LogP contribution in [0.4, 0.5) is 0 Å². The van der Waals surface area contributed by atoms with E-state index in [1.54, 1.807) is 72.4 Å². The first-order valence-electron chi connectivity index (χ1n) is 36.1. The quantitative estimate of drug-likeness (QED) is 0.0175. The molecular weight excluding hydrogens is 1430 g/mol. The molecule has 2 saturated heterocycles. The molecule has 5 amide bonds. The topological polar surface area (TPSA) is 251 Å². The number of nitrogens with two attached hydrogens (primary N) is 1. The summed E-state index contributed by atoms with van der Waals surface area (Å²) in [6.45, 7) is 55.3. The van der Waals surface area contributed by atoms with E-state index in [0.29, 0.717) is 64.5 Å². The first-order valence-corrected chi connectivity index (χ1v) is 43.0. The summed E-state index contributed by atoms with van der Waals surface area (Å²) in [7, 11) is -4.39. The summed E-state index contributed by atoms with van der Waals surface area (Å²) in [6, 6.07) is 14.1. The highest BCUT2D eigenvalue weighted by Gasteiger charge is 2.45. The lowest BCUT2D eigenvalue weighted by Crippen LogP contribution is -2.54. The zero-order valence-corrected chi connectivity index (χ0v) is 70.4. The smallest absolute Gasteiger partial charge is 0.312 e. The predicted octanol–water partition coefficient (Wildman–Crippen LogP) is 15.8. The van der Waals surface area contributed by atoms with Crippen LogP contribution in [0.25, 0.3) is 12.2 Å². The average Bonchev–Trinajstić information content (AvgIpc) is 0.843. The largest absolute Gasteiger partial charge is 0.461 e. The van der Waals surface area contributed by atoms with Gasteiger partial charge in [-0.05, 0) is 169 Å². The second-order valence-corrected chi connectivity index (χ2v) is 43.1. The molecular formula is C78H126Cl4N6O13Si2. The molecule has 103 heavy (non-hydrogen) atoms. The predicted molar refractivity (Wildman–Crippen MR) is 425 cm³/mol. The fourth-order valence-corrected chi connectivity index (χ4v) is 13.9. The van der Waals surface area contributed by atoms with Gasteiger partial charge >= 0.3 is 17.9 Å². The number of halogens is 4. The summed E-state index contributed by atoms with van der Waals surface area (Å²) in [5.74, 6) is -6.25. The van der Waals surface area contributed by atoms with Gasteiger partial charge < -0.3 is 54.5 Å². The number of amides is 5. The van der Waals surface area contributed by atoms with E-state index in [4.69, 9.17) is 63.6 Å². The Labute approximate surface area is 640 Å². The molecule has 12 atom stereocenters. The number of alkyl halides is 3. The lowest BCUT2D eigenvalue weighted by Gasteiger charge is -2.40. The first kappa shape index (κ1) is 95.6. The Morgan fingerprint density at radius 3 is 1.33 bits per heavy atom. The van der Waals surface area contributed by atoms with Gasteiger partial charge in [-0.2, -0.15) is 0 Å². The standard InChI is InChI=1S/C38H61N3O6Si.C30H51Cl3N2O7Si.C10H13N.ClH/c1-13-15-21-32(47-48(11,12)38(8,9)10)26(5)37(45)46-33(25(3)4)35(43)40-28(7)36(44)41-22-17-20-31(24-41)34(42)39-27(6)30-19-16-18-29(14-2)23-30;1-11-12-15-23(42-43(9,10)29(6,7)8)20(4)27(38)41-24(19(2)3)25(36)34-21(5)26(37)35-16-13-14-22(17-35)28(39)40-18-30(31,32)33;1-3-9-5-4-6-10(7-9)8(2)11;/h13-14,16,18-19,23,25-28,31-33H,1-2,15,17,20-22,24H2,3-12H3,(H,39,42)(H,40,43);11,19-24H,1,12-18H2,2-10H3,(H,34,36);3-8H,1,11H2,2H3;1H/t26-,27?,28+,31-,32-,33+;20-,21+,22-,23-,24+;8-;/m111./s1. The minimum Gasteiger partial charge on any atom is -0.461 e. The highest BCUT2D eigenvalue weighted by atomic mass is 35.6. The average molecular weight is 1550 g/mol. The monoisotopic (exact) mass is 1550 g/mol. The first-order chi connectivity index (χ1) is 47.2. The van der Waals surface area contributed by atoms with Gasteiger partial charge in [-0.25, -0.2) is 0 Å². The molecule has 2 aromatic rings. The summed E-state index contributed by atoms with van der Waals surface area (Å²) in [4.78, 5) is 109. The Hall–Kier alpha value is -5.37. The van der Waals surface area contributed by atoms with E-state index in [-0.39, 0.29) is 89.2 Å². The molecule has 0 radical (unpaired) electrons. The van der Waals surface area contributed by atoms with Crippen LogP contribution in [-0.4, -0.2) is 147 Å². The fourth-order valence-electron chi connectivity index (χ4n) is 10.9. The Bertz CT molecular complexity index is 3110. The maximum absolute atomic E-state index is 13.5. The van der Waals surface area contributed by atoms with E-state index in [2.05, 4.69) is 116 Å². The highest BCUT2D eigenvalue weighted by molar-refractivity contribution is 6.74. The molecule has 2 aromatic carbocycles. The maximum Gasteiger partial charge on any atom is 0.312 e. The number of carbonyl (C=O) groups excluding carboxylic acids is 8. The molecule has 0 saturated carbocycles.